The largest absolute Gasteiger partial charge is 0.459 e. The van der Waals surface area contributed by atoms with Crippen LogP contribution in [-0.2, 0) is 9.53 Å². The van der Waals surface area contributed by atoms with E-state index in [1.54, 1.807) is 7.05 Å². The molecule has 0 unspecified atom stereocenters. The van der Waals surface area contributed by atoms with Gasteiger partial charge in [-0.05, 0) is 46.6 Å². The van der Waals surface area contributed by atoms with Gasteiger partial charge in [-0.2, -0.15) is 0 Å². The molecule has 6 nitrogen and oxygen atoms in total. The van der Waals surface area contributed by atoms with Crippen LogP contribution in [0, 0.1) is 0 Å². The van der Waals surface area contributed by atoms with E-state index in [9.17, 15) is 4.79 Å². The number of carbonyl (C=O) groups is 1. The summed E-state index contributed by atoms with van der Waals surface area (Å²) in [5.74, 6) is 0.401. The number of unbranched alkanes of at least 4 members (excludes halogenated alkanes) is 1. The molecule has 134 valence electrons. The molecule has 0 atom stereocenters. The Bertz CT molecular complexity index is 383. The van der Waals surface area contributed by atoms with Gasteiger partial charge in [-0.1, -0.05) is 13.3 Å². The smallest absolute Gasteiger partial charge is 0.325 e. The second kappa shape index (κ2) is 9.75. The molecule has 0 aromatic rings. The molecule has 0 spiro atoms. The second-order valence-electron chi connectivity index (χ2n) is 7.13. The zero-order valence-corrected chi connectivity index (χ0v) is 15.4. The molecular formula is C17H34N4O2. The Morgan fingerprint density at radius 2 is 1.96 bits per heavy atom. The molecule has 1 heterocycles. The predicted molar refractivity (Wildman–Crippen MR) is 94.7 cm³/mol. The van der Waals surface area contributed by atoms with Gasteiger partial charge in [-0.25, -0.2) is 0 Å². The first-order chi connectivity index (χ1) is 10.8. The number of piperidine rings is 1. The number of hydrogen-bond acceptors (Lipinski definition) is 4. The monoisotopic (exact) mass is 326 g/mol. The molecule has 0 aromatic carbocycles. The van der Waals surface area contributed by atoms with Gasteiger partial charge >= 0.3 is 5.97 Å². The molecule has 23 heavy (non-hydrogen) atoms. The summed E-state index contributed by atoms with van der Waals surface area (Å²) in [4.78, 5) is 18.5. The van der Waals surface area contributed by atoms with E-state index in [0.29, 0.717) is 12.0 Å². The van der Waals surface area contributed by atoms with Crippen molar-refractivity contribution < 1.29 is 9.53 Å². The van der Waals surface area contributed by atoms with Crippen LogP contribution >= 0.6 is 0 Å². The fourth-order valence-corrected chi connectivity index (χ4v) is 2.60. The van der Waals surface area contributed by atoms with Gasteiger partial charge in [0.25, 0.3) is 0 Å². The lowest BCUT2D eigenvalue weighted by Gasteiger charge is -2.33. The van der Waals surface area contributed by atoms with E-state index in [0.717, 1.165) is 25.9 Å². The van der Waals surface area contributed by atoms with E-state index in [1.165, 1.54) is 19.4 Å². The Morgan fingerprint density at radius 1 is 1.30 bits per heavy atom. The lowest BCUT2D eigenvalue weighted by molar-refractivity contribution is -0.153. The fourth-order valence-electron chi connectivity index (χ4n) is 2.60. The van der Waals surface area contributed by atoms with Gasteiger partial charge in [-0.15, -0.1) is 0 Å². The molecule has 1 aliphatic rings. The number of likely N-dealkylation sites (tertiary alicyclic amines) is 1. The van der Waals surface area contributed by atoms with E-state index in [1.807, 2.05) is 20.8 Å². The predicted octanol–water partition coefficient (Wildman–Crippen LogP) is 1.76. The molecule has 0 radical (unpaired) electrons. The average molecular weight is 326 g/mol. The molecule has 0 amide bonds. The maximum Gasteiger partial charge on any atom is 0.325 e. The van der Waals surface area contributed by atoms with Crippen LogP contribution in [0.3, 0.4) is 0 Å². The summed E-state index contributed by atoms with van der Waals surface area (Å²) < 4.78 is 5.28. The number of nitrogens with zero attached hydrogens (tertiary/aromatic N) is 2. The van der Waals surface area contributed by atoms with E-state index in [2.05, 4.69) is 27.4 Å². The van der Waals surface area contributed by atoms with E-state index < -0.39 is 5.60 Å². The van der Waals surface area contributed by atoms with Crippen LogP contribution in [0.1, 0.15) is 53.4 Å². The lowest BCUT2D eigenvalue weighted by atomic mass is 10.0. The first-order valence-corrected chi connectivity index (χ1v) is 8.75. The van der Waals surface area contributed by atoms with Crippen molar-refractivity contribution in [1.29, 1.82) is 0 Å². The van der Waals surface area contributed by atoms with Gasteiger partial charge in [-0.3, -0.25) is 9.79 Å². The summed E-state index contributed by atoms with van der Waals surface area (Å²) in [7, 11) is 1.72. The van der Waals surface area contributed by atoms with Crippen LogP contribution in [0.4, 0.5) is 0 Å². The third-order valence-corrected chi connectivity index (χ3v) is 3.80. The minimum absolute atomic E-state index is 0.131. The fraction of sp³-hybridized carbons (Fsp3) is 0.882. The Morgan fingerprint density at radius 3 is 2.48 bits per heavy atom. The zero-order valence-electron chi connectivity index (χ0n) is 15.4. The minimum atomic E-state index is -0.457. The van der Waals surface area contributed by atoms with Crippen molar-refractivity contribution in [3.8, 4) is 0 Å². The maximum atomic E-state index is 11.7. The third-order valence-electron chi connectivity index (χ3n) is 3.80. The quantitative estimate of drug-likeness (QED) is 0.442. The first-order valence-electron chi connectivity index (χ1n) is 8.75. The summed E-state index contributed by atoms with van der Waals surface area (Å²) >= 11 is 0. The molecule has 0 bridgehead atoms. The van der Waals surface area contributed by atoms with Crippen LogP contribution in [0.25, 0.3) is 0 Å². The van der Waals surface area contributed by atoms with E-state index in [4.69, 9.17) is 4.74 Å². The van der Waals surface area contributed by atoms with Gasteiger partial charge in [0, 0.05) is 26.2 Å². The van der Waals surface area contributed by atoms with Crippen molar-refractivity contribution in [2.45, 2.75) is 65.0 Å². The Kier molecular flexibility index (Phi) is 8.37. The van der Waals surface area contributed by atoms with Crippen LogP contribution in [0.2, 0.25) is 0 Å². The molecule has 1 rings (SSSR count). The number of carbonyl (C=O) groups excluding carboxylic acids is 1. The molecular weight excluding hydrogens is 292 g/mol. The minimum Gasteiger partial charge on any atom is -0.459 e. The SMILES string of the molecule is CCCCN1CCC(NC(=NC)NCC(=O)OC(C)(C)C)CC1. The van der Waals surface area contributed by atoms with Gasteiger partial charge in [0.2, 0.25) is 0 Å². The van der Waals surface area contributed by atoms with Gasteiger partial charge in [0.15, 0.2) is 5.96 Å². The van der Waals surface area contributed by atoms with Crippen LogP contribution in [-0.4, -0.2) is 61.7 Å². The Balaban J connectivity index is 2.28. The third kappa shape index (κ3) is 8.79. The van der Waals surface area contributed by atoms with Crippen molar-refractivity contribution in [2.24, 2.45) is 4.99 Å². The van der Waals surface area contributed by atoms with E-state index >= 15 is 0 Å². The number of ether oxygens (including phenoxy) is 1. The molecule has 2 N–H and O–H groups in total. The molecule has 0 saturated carbocycles. The number of esters is 1. The maximum absolute atomic E-state index is 11.7. The summed E-state index contributed by atoms with van der Waals surface area (Å²) in [6, 6.07) is 0.415. The summed E-state index contributed by atoms with van der Waals surface area (Å²) in [5.41, 5.74) is -0.457. The number of nitrogens with one attached hydrogen (secondary N) is 2. The lowest BCUT2D eigenvalue weighted by Crippen LogP contribution is -2.49. The highest BCUT2D eigenvalue weighted by atomic mass is 16.6. The van der Waals surface area contributed by atoms with E-state index in [-0.39, 0.29) is 12.5 Å². The van der Waals surface area contributed by atoms with Crippen molar-refractivity contribution >= 4 is 11.9 Å². The number of guanidine groups is 1. The Hall–Kier alpha value is -1.30. The molecule has 1 aliphatic heterocycles. The molecule has 1 saturated heterocycles. The van der Waals surface area contributed by atoms with Crippen molar-refractivity contribution in [3.05, 3.63) is 0 Å². The first kappa shape index (κ1) is 19.7. The van der Waals surface area contributed by atoms with Crippen LogP contribution in [0.5, 0.6) is 0 Å². The summed E-state index contributed by atoms with van der Waals surface area (Å²) in [6.07, 6.45) is 4.74. The van der Waals surface area contributed by atoms with Gasteiger partial charge in [0.1, 0.15) is 12.1 Å². The van der Waals surface area contributed by atoms with Gasteiger partial charge in [0.05, 0.1) is 0 Å². The highest BCUT2D eigenvalue weighted by molar-refractivity contribution is 5.84. The average Bonchev–Trinajstić information content (AvgIpc) is 2.48. The van der Waals surface area contributed by atoms with Crippen molar-refractivity contribution in [1.82, 2.24) is 15.5 Å². The standard InChI is InChI=1S/C17H34N4O2/c1-6-7-10-21-11-8-14(9-12-21)20-16(18-5)19-13-15(22)23-17(2,3)4/h14H,6-13H2,1-5H3,(H2,18,19,20). The highest BCUT2D eigenvalue weighted by Gasteiger charge is 2.20. The number of rotatable bonds is 6. The second-order valence-corrected chi connectivity index (χ2v) is 7.13. The molecule has 0 aliphatic carbocycles. The topological polar surface area (TPSA) is 66.0 Å². The Labute approximate surface area is 141 Å². The normalized spacial score (nSPS) is 17.9. The zero-order chi connectivity index (χ0) is 17.3. The van der Waals surface area contributed by atoms with Gasteiger partial charge < -0.3 is 20.3 Å². The molecule has 1 fully saturated rings. The van der Waals surface area contributed by atoms with Crippen LogP contribution in [0.15, 0.2) is 4.99 Å². The van der Waals surface area contributed by atoms with Crippen molar-refractivity contribution in [3.63, 3.8) is 0 Å². The van der Waals surface area contributed by atoms with Crippen molar-refractivity contribution in [2.75, 3.05) is 33.2 Å². The number of hydrogen-bond donors (Lipinski definition) is 2. The summed E-state index contributed by atoms with van der Waals surface area (Å²) in [6.45, 7) is 11.4. The molecule has 0 aromatic heterocycles. The number of aliphatic imine (C=N–C) groups is 1. The molecule has 6 heteroatoms. The summed E-state index contributed by atoms with van der Waals surface area (Å²) in [5, 5.41) is 6.44. The highest BCUT2D eigenvalue weighted by Crippen LogP contribution is 2.11. The van der Waals surface area contributed by atoms with Crippen LogP contribution < -0.4 is 10.6 Å².